The summed E-state index contributed by atoms with van der Waals surface area (Å²) in [7, 11) is 10.1. The van der Waals surface area contributed by atoms with Gasteiger partial charge in [-0.05, 0) is 81.6 Å². The van der Waals surface area contributed by atoms with Gasteiger partial charge in [0, 0.05) is 50.6 Å². The number of carbonyl (C=O) groups is 3. The average Bonchev–Trinajstić information content (AvgIpc) is 4.22. The van der Waals surface area contributed by atoms with E-state index in [0.717, 1.165) is 43.0 Å². The molecule has 0 aromatic carbocycles. The predicted molar refractivity (Wildman–Crippen MR) is 311 cm³/mol. The van der Waals surface area contributed by atoms with E-state index in [1.54, 1.807) is 53.4 Å². The van der Waals surface area contributed by atoms with E-state index in [9.17, 15) is 34.8 Å². The van der Waals surface area contributed by atoms with Gasteiger partial charge in [0.1, 0.15) is 73.0 Å². The number of nitrogens with zero attached hydrogens (tertiary/aromatic N) is 2. The topological polar surface area (TPSA) is 205 Å². The standard InChI is InChI=1S/C19H22NO4S2.C18H19NO4S2.C11H10O3S2.C8H13NO2.CH3Br.BrH/c1-20(2)12-9-11(10-13(20)17-16(12)24-17)23-18(21)19(22,14-5-3-7-25-14)15-6-4-8-26-15;1-19-11-8-10(9-12(19)16-15(11)23-16)22-17(20)18(21,13-4-2-6-24-13)14-5-3-7-25-14;1-14-10(12)11(13,8-4-2-6-15-8)9-5-3-7-16-9;1-9-5-2-4(10)3-6(9)8-7(5)11-8;1-2;/h3-8,11-13,16-17,22H,9-10H2,1-2H3;2-7,10-12,15-16,21H,8-9H2,1H3;2-7,13H,1H3;4-8,10H,2-3H2,1H3;1H3;1H/q+1;;;;;. The largest absolute Gasteiger partial charge is 1.00 e. The van der Waals surface area contributed by atoms with Crippen LogP contribution in [0.15, 0.2) is 105 Å². The van der Waals surface area contributed by atoms with Gasteiger partial charge in [0.2, 0.25) is 16.8 Å². The van der Waals surface area contributed by atoms with Crippen LogP contribution in [0.1, 0.15) is 67.8 Å². The Labute approximate surface area is 514 Å². The number of aliphatic hydroxyl groups excluding tert-OH is 1. The molecular weight excluding hydrogens is 1290 g/mol. The molecule has 81 heavy (non-hydrogen) atoms. The summed E-state index contributed by atoms with van der Waals surface area (Å²) in [5, 5.41) is 53.8. The number of hydrogen-bond donors (Lipinski definition) is 5. The summed E-state index contributed by atoms with van der Waals surface area (Å²) < 4.78 is 34.4. The van der Waals surface area contributed by atoms with E-state index < -0.39 is 34.7 Å². The predicted octanol–water partition coefficient (Wildman–Crippen LogP) is 2.95. The van der Waals surface area contributed by atoms with Crippen LogP contribution in [0.5, 0.6) is 0 Å². The molecule has 5 N–H and O–H groups in total. The highest BCUT2D eigenvalue weighted by molar-refractivity contribution is 9.08. The summed E-state index contributed by atoms with van der Waals surface area (Å²) in [4.78, 5) is 45.4. The molecule has 0 spiro atoms. The lowest BCUT2D eigenvalue weighted by atomic mass is 9.95. The average molecular weight is 1360 g/mol. The Bertz CT molecular complexity index is 2860. The van der Waals surface area contributed by atoms with Crippen molar-refractivity contribution in [3.8, 4) is 0 Å². The van der Waals surface area contributed by atoms with Crippen molar-refractivity contribution in [3.63, 3.8) is 0 Å². The van der Waals surface area contributed by atoms with Crippen molar-refractivity contribution in [2.45, 2.75) is 147 Å². The van der Waals surface area contributed by atoms with Crippen molar-refractivity contribution in [3.05, 3.63) is 134 Å². The van der Waals surface area contributed by atoms with Crippen LogP contribution >= 0.6 is 84.0 Å². The minimum absolute atomic E-state index is 0. The van der Waals surface area contributed by atoms with Crippen LogP contribution in [0.25, 0.3) is 0 Å². The van der Waals surface area contributed by atoms with Gasteiger partial charge >= 0.3 is 17.9 Å². The number of aliphatic hydroxyl groups is 4. The fourth-order valence-electron chi connectivity index (χ4n) is 13.5. The summed E-state index contributed by atoms with van der Waals surface area (Å²) in [6.07, 6.45) is 6.86. The SMILES string of the molecule is CBr.CN1C2CC(OC(=O)C(O)(c3cccs3)c3cccs3)CC1C1OC12.COC(=O)C(O)(c1cccs1)c1cccs1.C[N+]1(C)C2CC(OC(=O)C(O)(c3cccs3)c3cccs3)CC1C1OC12.C[NH+]1C2CC(O)CC1C1OC12.[Br-]. The van der Waals surface area contributed by atoms with E-state index in [0.29, 0.717) is 102 Å². The molecule has 0 amide bonds. The van der Waals surface area contributed by atoms with E-state index in [4.69, 9.17) is 23.7 Å². The second-order valence-corrected chi connectivity index (χ2v) is 28.0. The third kappa shape index (κ3) is 11.2. The molecule has 6 aromatic heterocycles. The molecule has 12 unspecified atom stereocenters. The Morgan fingerprint density at radius 2 is 0.864 bits per heavy atom. The van der Waals surface area contributed by atoms with Crippen molar-refractivity contribution in [2.24, 2.45) is 0 Å². The maximum absolute atomic E-state index is 13.1. The van der Waals surface area contributed by atoms with Gasteiger partial charge in [-0.15, -0.1) is 68.0 Å². The quantitative estimate of drug-likeness (QED) is 0.0417. The molecule has 15 rings (SSSR count). The number of quaternary nitrogens is 2. The minimum Gasteiger partial charge on any atom is -1.00 e. The van der Waals surface area contributed by atoms with E-state index in [1.165, 1.54) is 75.1 Å². The highest BCUT2D eigenvalue weighted by Gasteiger charge is 2.71. The number of alkyl halides is 1. The van der Waals surface area contributed by atoms with Gasteiger partial charge in [0.25, 0.3) is 0 Å². The fourth-order valence-corrected chi connectivity index (χ4v) is 18.6. The van der Waals surface area contributed by atoms with Gasteiger partial charge in [-0.2, -0.15) is 0 Å². The van der Waals surface area contributed by atoms with E-state index in [2.05, 4.69) is 53.8 Å². The van der Waals surface area contributed by atoms with Crippen LogP contribution in [0.3, 0.4) is 0 Å². The van der Waals surface area contributed by atoms with Crippen LogP contribution in [0.2, 0.25) is 0 Å². The smallest absolute Gasteiger partial charge is 0.349 e. The maximum atomic E-state index is 13.1. The van der Waals surface area contributed by atoms with E-state index >= 15 is 0 Å². The molecule has 24 heteroatoms. The number of carbonyl (C=O) groups excluding carboxylic acids is 3. The maximum Gasteiger partial charge on any atom is 0.349 e. The Kier molecular flexibility index (Phi) is 18.5. The zero-order valence-corrected chi connectivity index (χ0v) is 53.4. The number of morpholine rings is 3. The molecular formula is C57H68Br2N3O13S6+. The Hall–Kier alpha value is -2.83. The number of nitrogens with one attached hydrogen (secondary N) is 1. The lowest BCUT2D eigenvalue weighted by Crippen LogP contribution is -3.17. The Balaban J connectivity index is 0.000000125. The minimum atomic E-state index is -1.72. The second kappa shape index (κ2) is 24.5. The van der Waals surface area contributed by atoms with Gasteiger partial charge in [-0.1, -0.05) is 52.3 Å². The molecule has 9 aliphatic heterocycles. The number of rotatable bonds is 11. The molecule has 9 aliphatic rings. The third-order valence-corrected chi connectivity index (χ3v) is 23.7. The first-order valence-electron chi connectivity index (χ1n) is 26.8. The molecule has 438 valence electrons. The van der Waals surface area contributed by atoms with Crippen molar-refractivity contribution >= 4 is 102 Å². The second-order valence-electron chi connectivity index (χ2n) is 22.3. The van der Waals surface area contributed by atoms with Crippen LogP contribution in [-0.4, -0.2) is 180 Å². The van der Waals surface area contributed by atoms with Crippen LogP contribution in [0.4, 0.5) is 0 Å². The Morgan fingerprint density at radius 3 is 1.19 bits per heavy atom. The first-order chi connectivity index (χ1) is 38.5. The first kappa shape index (κ1) is 61.3. The summed E-state index contributed by atoms with van der Waals surface area (Å²) in [5.74, 6) is 0.0273. The number of methoxy groups -OCH3 is 1. The summed E-state index contributed by atoms with van der Waals surface area (Å²) in [6, 6.07) is 24.1. The van der Waals surface area contributed by atoms with Crippen molar-refractivity contribution in [1.29, 1.82) is 0 Å². The summed E-state index contributed by atoms with van der Waals surface area (Å²) >= 11 is 11.1. The number of ether oxygens (including phenoxy) is 6. The van der Waals surface area contributed by atoms with Gasteiger partial charge in [-0.25, -0.2) is 14.4 Å². The molecule has 0 aliphatic carbocycles. The zero-order valence-electron chi connectivity index (χ0n) is 45.4. The van der Waals surface area contributed by atoms with Crippen LogP contribution < -0.4 is 21.9 Å². The van der Waals surface area contributed by atoms with E-state index in [-0.39, 0.29) is 35.3 Å². The summed E-state index contributed by atoms with van der Waals surface area (Å²) in [5.41, 5.74) is -5.11. The van der Waals surface area contributed by atoms with Crippen molar-refractivity contribution in [2.75, 3.05) is 41.1 Å². The molecule has 9 fully saturated rings. The number of esters is 3. The van der Waals surface area contributed by atoms with Crippen LogP contribution in [-0.2, 0) is 59.6 Å². The van der Waals surface area contributed by atoms with Crippen molar-refractivity contribution in [1.82, 2.24) is 4.90 Å². The van der Waals surface area contributed by atoms with Gasteiger partial charge in [0.15, 0.2) is 0 Å². The third-order valence-electron chi connectivity index (χ3n) is 17.9. The monoisotopic (exact) mass is 1350 g/mol. The lowest BCUT2D eigenvalue weighted by molar-refractivity contribution is -0.938. The number of hydrogen-bond acceptors (Lipinski definition) is 20. The fraction of sp³-hybridized carbons (Fsp3) is 0.526. The molecule has 9 saturated heterocycles. The highest BCUT2D eigenvalue weighted by atomic mass is 79.9. The first-order valence-corrected chi connectivity index (χ1v) is 33.7. The molecule has 0 saturated carbocycles. The molecule has 0 radical (unpaired) electrons. The number of piperidine rings is 3. The van der Waals surface area contributed by atoms with Gasteiger partial charge in [0.05, 0.1) is 63.6 Å². The number of thiophene rings is 6. The highest BCUT2D eigenvalue weighted by Crippen LogP contribution is 2.53. The van der Waals surface area contributed by atoms with E-state index in [1.807, 2.05) is 62.4 Å². The molecule has 6 aromatic rings. The Morgan fingerprint density at radius 1 is 0.556 bits per heavy atom. The number of fused-ring (bicyclic) bond motifs is 15. The van der Waals surface area contributed by atoms with Gasteiger partial charge < -0.3 is 75.2 Å². The number of halogens is 2. The lowest BCUT2D eigenvalue weighted by Gasteiger charge is -2.45. The zero-order chi connectivity index (χ0) is 56.5. The van der Waals surface area contributed by atoms with Gasteiger partial charge in [-0.3, -0.25) is 4.90 Å². The van der Waals surface area contributed by atoms with Crippen molar-refractivity contribution < 1.29 is 89.6 Å². The summed E-state index contributed by atoms with van der Waals surface area (Å²) in [6.45, 7) is 0. The normalized spacial score (nSPS) is 32.8. The number of likely N-dealkylation sites (N-methyl/N-ethyl adjacent to an activating group) is 3. The number of epoxide rings is 3. The molecule has 15 heterocycles. The molecule has 12 atom stereocenters. The molecule has 6 bridgehead atoms. The van der Waals surface area contributed by atoms with Crippen LogP contribution in [0, 0.1) is 0 Å². The molecule has 16 nitrogen and oxygen atoms in total.